The van der Waals surface area contributed by atoms with Crippen LogP contribution in [0.5, 0.6) is 17.2 Å². The smallest absolute Gasteiger partial charge is 0.262 e. The zero-order chi connectivity index (χ0) is 19.2. The Balaban J connectivity index is 1.52. The summed E-state index contributed by atoms with van der Waals surface area (Å²) in [6.45, 7) is 5.25. The standard InChI is InChI=1S/C20H22N2O5/c1-3-22(4-2)20(24)14-5-8-16(9-6-14)25-12-19(23)21-15-7-10-17-18(11-15)27-13-26-17/h5-11H,3-4,12-13H2,1-2H3,(H,21,23). The average Bonchev–Trinajstić information content (AvgIpc) is 3.15. The van der Waals surface area contributed by atoms with Gasteiger partial charge in [-0.15, -0.1) is 0 Å². The van der Waals surface area contributed by atoms with Crippen molar-refractivity contribution in [2.24, 2.45) is 0 Å². The number of benzene rings is 2. The lowest BCUT2D eigenvalue weighted by Gasteiger charge is -2.18. The third-order valence-corrected chi connectivity index (χ3v) is 4.18. The maximum Gasteiger partial charge on any atom is 0.262 e. The normalized spacial score (nSPS) is 11.8. The maximum atomic E-state index is 12.3. The van der Waals surface area contributed by atoms with Crippen molar-refractivity contribution in [1.29, 1.82) is 0 Å². The second kappa shape index (κ2) is 8.44. The number of anilines is 1. The molecule has 0 bridgehead atoms. The summed E-state index contributed by atoms with van der Waals surface area (Å²) in [4.78, 5) is 26.1. The quantitative estimate of drug-likeness (QED) is 0.811. The molecule has 2 aromatic rings. The van der Waals surface area contributed by atoms with Crippen LogP contribution >= 0.6 is 0 Å². The van der Waals surface area contributed by atoms with Gasteiger partial charge in [-0.2, -0.15) is 0 Å². The van der Waals surface area contributed by atoms with Crippen molar-refractivity contribution in [3.63, 3.8) is 0 Å². The molecule has 0 saturated heterocycles. The molecule has 2 amide bonds. The summed E-state index contributed by atoms with van der Waals surface area (Å²) in [5, 5.41) is 2.74. The molecule has 0 aliphatic carbocycles. The van der Waals surface area contributed by atoms with Crippen LogP contribution in [0.3, 0.4) is 0 Å². The van der Waals surface area contributed by atoms with Crippen molar-refractivity contribution in [2.45, 2.75) is 13.8 Å². The van der Waals surface area contributed by atoms with E-state index in [0.717, 1.165) is 0 Å². The van der Waals surface area contributed by atoms with Gasteiger partial charge in [-0.3, -0.25) is 9.59 Å². The number of hydrogen-bond acceptors (Lipinski definition) is 5. The number of fused-ring (bicyclic) bond motifs is 1. The Morgan fingerprint density at radius 3 is 2.44 bits per heavy atom. The number of carbonyl (C=O) groups excluding carboxylic acids is 2. The lowest BCUT2D eigenvalue weighted by Crippen LogP contribution is -2.30. The maximum absolute atomic E-state index is 12.3. The van der Waals surface area contributed by atoms with Crippen LogP contribution in [-0.4, -0.2) is 43.2 Å². The summed E-state index contributed by atoms with van der Waals surface area (Å²) in [6, 6.07) is 11.9. The minimum Gasteiger partial charge on any atom is -0.484 e. The summed E-state index contributed by atoms with van der Waals surface area (Å²) < 4.78 is 16.0. The van der Waals surface area contributed by atoms with Gasteiger partial charge in [-0.05, 0) is 50.2 Å². The van der Waals surface area contributed by atoms with Crippen molar-refractivity contribution >= 4 is 17.5 Å². The molecule has 0 aromatic heterocycles. The molecule has 27 heavy (non-hydrogen) atoms. The summed E-state index contributed by atoms with van der Waals surface area (Å²) in [6.07, 6.45) is 0. The summed E-state index contributed by atoms with van der Waals surface area (Å²) in [5.74, 6) is 1.46. The number of carbonyl (C=O) groups is 2. The monoisotopic (exact) mass is 370 g/mol. The Bertz CT molecular complexity index is 816. The molecule has 0 spiro atoms. The van der Waals surface area contributed by atoms with E-state index in [2.05, 4.69) is 5.32 Å². The minimum atomic E-state index is -0.294. The van der Waals surface area contributed by atoms with Crippen molar-refractivity contribution in [3.8, 4) is 17.2 Å². The van der Waals surface area contributed by atoms with Gasteiger partial charge >= 0.3 is 0 Å². The number of nitrogens with one attached hydrogen (secondary N) is 1. The fourth-order valence-corrected chi connectivity index (χ4v) is 2.71. The van der Waals surface area contributed by atoms with Crippen LogP contribution in [0, 0.1) is 0 Å². The molecule has 2 aromatic carbocycles. The lowest BCUT2D eigenvalue weighted by atomic mass is 10.2. The van der Waals surface area contributed by atoms with Gasteiger partial charge in [-0.25, -0.2) is 0 Å². The van der Waals surface area contributed by atoms with Gasteiger partial charge in [-0.1, -0.05) is 0 Å². The minimum absolute atomic E-state index is 0.0212. The molecule has 1 aliphatic heterocycles. The van der Waals surface area contributed by atoms with E-state index < -0.39 is 0 Å². The zero-order valence-corrected chi connectivity index (χ0v) is 15.4. The zero-order valence-electron chi connectivity index (χ0n) is 15.4. The molecule has 7 nitrogen and oxygen atoms in total. The van der Waals surface area contributed by atoms with Gasteiger partial charge in [0.05, 0.1) is 0 Å². The van der Waals surface area contributed by atoms with E-state index in [1.165, 1.54) is 0 Å². The van der Waals surface area contributed by atoms with Crippen LogP contribution in [0.15, 0.2) is 42.5 Å². The number of hydrogen-bond donors (Lipinski definition) is 1. The first kappa shape index (κ1) is 18.6. The van der Waals surface area contributed by atoms with E-state index in [1.807, 2.05) is 13.8 Å². The first-order chi connectivity index (χ1) is 13.1. The molecule has 142 valence electrons. The molecule has 1 N–H and O–H groups in total. The molecular formula is C20H22N2O5. The molecule has 0 fully saturated rings. The SMILES string of the molecule is CCN(CC)C(=O)c1ccc(OCC(=O)Nc2ccc3c(c2)OCO3)cc1. The highest BCUT2D eigenvalue weighted by Crippen LogP contribution is 2.34. The second-order valence-electron chi connectivity index (χ2n) is 5.91. The molecule has 7 heteroatoms. The predicted octanol–water partition coefficient (Wildman–Crippen LogP) is 2.91. The number of nitrogens with zero attached hydrogens (tertiary/aromatic N) is 1. The van der Waals surface area contributed by atoms with Crippen LogP contribution in [0.25, 0.3) is 0 Å². The number of amides is 2. The largest absolute Gasteiger partial charge is 0.484 e. The van der Waals surface area contributed by atoms with Gasteiger partial charge in [0.2, 0.25) is 6.79 Å². The predicted molar refractivity (Wildman–Crippen MR) is 100 cm³/mol. The van der Waals surface area contributed by atoms with Crippen LogP contribution in [0.1, 0.15) is 24.2 Å². The highest BCUT2D eigenvalue weighted by Gasteiger charge is 2.15. The highest BCUT2D eigenvalue weighted by molar-refractivity contribution is 5.94. The molecule has 1 aliphatic rings. The summed E-state index contributed by atoms with van der Waals surface area (Å²) in [5.41, 5.74) is 1.20. The summed E-state index contributed by atoms with van der Waals surface area (Å²) in [7, 11) is 0. The topological polar surface area (TPSA) is 77.1 Å². The van der Waals surface area contributed by atoms with Crippen molar-refractivity contribution in [2.75, 3.05) is 31.8 Å². The lowest BCUT2D eigenvalue weighted by molar-refractivity contribution is -0.118. The van der Waals surface area contributed by atoms with E-state index in [4.69, 9.17) is 14.2 Å². The third kappa shape index (κ3) is 4.49. The first-order valence-electron chi connectivity index (χ1n) is 8.82. The Morgan fingerprint density at radius 2 is 1.74 bits per heavy atom. The molecule has 0 atom stereocenters. The van der Waals surface area contributed by atoms with Gasteiger partial charge in [0, 0.05) is 30.4 Å². The Labute approximate surface area is 157 Å². The molecule has 0 radical (unpaired) electrons. The number of ether oxygens (including phenoxy) is 3. The van der Waals surface area contributed by atoms with E-state index in [0.29, 0.717) is 41.6 Å². The Hall–Kier alpha value is -3.22. The van der Waals surface area contributed by atoms with Gasteiger partial charge in [0.15, 0.2) is 18.1 Å². The van der Waals surface area contributed by atoms with Gasteiger partial charge in [0.1, 0.15) is 5.75 Å². The third-order valence-electron chi connectivity index (χ3n) is 4.18. The van der Waals surface area contributed by atoms with E-state index in [1.54, 1.807) is 47.4 Å². The molecular weight excluding hydrogens is 348 g/mol. The molecule has 3 rings (SSSR count). The fraction of sp³-hybridized carbons (Fsp3) is 0.300. The van der Waals surface area contributed by atoms with Gasteiger partial charge < -0.3 is 24.4 Å². The molecule has 0 unspecified atom stereocenters. The van der Waals surface area contributed by atoms with E-state index in [9.17, 15) is 9.59 Å². The van der Waals surface area contributed by atoms with Crippen molar-refractivity contribution in [1.82, 2.24) is 4.90 Å². The fourth-order valence-electron chi connectivity index (χ4n) is 2.71. The number of rotatable bonds is 7. The van der Waals surface area contributed by atoms with Crippen LogP contribution in [-0.2, 0) is 4.79 Å². The molecule has 1 heterocycles. The second-order valence-corrected chi connectivity index (χ2v) is 5.91. The van der Waals surface area contributed by atoms with Gasteiger partial charge in [0.25, 0.3) is 11.8 Å². The van der Waals surface area contributed by atoms with E-state index in [-0.39, 0.29) is 25.2 Å². The Morgan fingerprint density at radius 1 is 1.04 bits per heavy atom. The van der Waals surface area contributed by atoms with Crippen LogP contribution < -0.4 is 19.5 Å². The van der Waals surface area contributed by atoms with Crippen LogP contribution in [0.2, 0.25) is 0 Å². The van der Waals surface area contributed by atoms with Crippen molar-refractivity contribution < 1.29 is 23.8 Å². The Kier molecular flexibility index (Phi) is 5.80. The molecule has 0 saturated carbocycles. The van der Waals surface area contributed by atoms with E-state index >= 15 is 0 Å². The average molecular weight is 370 g/mol. The first-order valence-corrected chi connectivity index (χ1v) is 8.82. The highest BCUT2D eigenvalue weighted by atomic mass is 16.7. The van der Waals surface area contributed by atoms with Crippen LogP contribution in [0.4, 0.5) is 5.69 Å². The van der Waals surface area contributed by atoms with Crippen molar-refractivity contribution in [3.05, 3.63) is 48.0 Å². The summed E-state index contributed by atoms with van der Waals surface area (Å²) >= 11 is 0.